The Bertz CT molecular complexity index is 929. The molecule has 0 fully saturated rings. The highest BCUT2D eigenvalue weighted by Crippen LogP contribution is 2.24. The SMILES string of the molecule is Cl.O=c1c2c[nH]c3ccncc3c-2nn1-c1ccccc1. The Labute approximate surface area is 126 Å². The van der Waals surface area contributed by atoms with Crippen LogP contribution in [-0.2, 0) is 0 Å². The van der Waals surface area contributed by atoms with Crippen molar-refractivity contribution in [1.82, 2.24) is 19.7 Å². The van der Waals surface area contributed by atoms with Crippen LogP contribution in [-0.4, -0.2) is 19.7 Å². The zero-order valence-corrected chi connectivity index (χ0v) is 11.7. The fourth-order valence-electron chi connectivity index (χ4n) is 2.35. The predicted octanol–water partition coefficient (Wildman–Crippen LogP) is 2.64. The largest absolute Gasteiger partial charge is 0.360 e. The van der Waals surface area contributed by atoms with Crippen molar-refractivity contribution in [2.75, 3.05) is 0 Å². The number of fused-ring (bicyclic) bond motifs is 3. The smallest absolute Gasteiger partial charge is 0.282 e. The van der Waals surface area contributed by atoms with E-state index in [2.05, 4.69) is 15.1 Å². The molecule has 21 heavy (non-hydrogen) atoms. The first kappa shape index (κ1) is 13.3. The van der Waals surface area contributed by atoms with Gasteiger partial charge in [0.25, 0.3) is 5.56 Å². The van der Waals surface area contributed by atoms with E-state index in [4.69, 9.17) is 0 Å². The van der Waals surface area contributed by atoms with Crippen LogP contribution < -0.4 is 5.56 Å². The number of hydrogen-bond donors (Lipinski definition) is 1. The van der Waals surface area contributed by atoms with Crippen molar-refractivity contribution >= 4 is 23.3 Å². The van der Waals surface area contributed by atoms with Crippen molar-refractivity contribution in [3.05, 3.63) is 65.3 Å². The van der Waals surface area contributed by atoms with Gasteiger partial charge in [-0.1, -0.05) is 18.2 Å². The molecule has 104 valence electrons. The Kier molecular flexibility index (Phi) is 3.19. The van der Waals surface area contributed by atoms with Crippen molar-refractivity contribution < 1.29 is 0 Å². The van der Waals surface area contributed by atoms with Crippen molar-refractivity contribution in [3.8, 4) is 16.9 Å². The van der Waals surface area contributed by atoms with Gasteiger partial charge < -0.3 is 4.98 Å². The maximum absolute atomic E-state index is 12.4. The van der Waals surface area contributed by atoms with Gasteiger partial charge in [-0.25, -0.2) is 0 Å². The molecule has 1 aromatic heterocycles. The lowest BCUT2D eigenvalue weighted by molar-refractivity contribution is 0.859. The summed E-state index contributed by atoms with van der Waals surface area (Å²) in [5.41, 5.74) is 2.76. The number of hydrogen-bond acceptors (Lipinski definition) is 3. The fourth-order valence-corrected chi connectivity index (χ4v) is 2.35. The summed E-state index contributed by atoms with van der Waals surface area (Å²) in [6.45, 7) is 0. The molecule has 0 unspecified atom stereocenters. The third-order valence-corrected chi connectivity index (χ3v) is 3.33. The van der Waals surface area contributed by atoms with Gasteiger partial charge in [-0.15, -0.1) is 12.4 Å². The Morgan fingerprint density at radius 3 is 2.71 bits per heavy atom. The van der Waals surface area contributed by atoms with E-state index >= 15 is 0 Å². The van der Waals surface area contributed by atoms with E-state index < -0.39 is 0 Å². The average molecular weight is 299 g/mol. The van der Waals surface area contributed by atoms with Crippen LogP contribution in [0.2, 0.25) is 0 Å². The molecule has 6 heteroatoms. The third kappa shape index (κ3) is 1.98. The summed E-state index contributed by atoms with van der Waals surface area (Å²) in [4.78, 5) is 19.6. The molecule has 0 aliphatic carbocycles. The minimum absolute atomic E-state index is 0. The average Bonchev–Trinajstić information content (AvgIpc) is 2.86. The van der Waals surface area contributed by atoms with Crippen molar-refractivity contribution in [2.24, 2.45) is 0 Å². The Morgan fingerprint density at radius 2 is 1.90 bits per heavy atom. The third-order valence-electron chi connectivity index (χ3n) is 3.33. The van der Waals surface area contributed by atoms with Gasteiger partial charge >= 0.3 is 0 Å². The number of nitrogens with one attached hydrogen (secondary N) is 1. The van der Waals surface area contributed by atoms with Crippen LogP contribution in [0.5, 0.6) is 0 Å². The first-order valence-corrected chi connectivity index (χ1v) is 6.24. The number of H-pyrrole nitrogens is 1. The number of rotatable bonds is 1. The van der Waals surface area contributed by atoms with Crippen LogP contribution in [0.1, 0.15) is 0 Å². The van der Waals surface area contributed by atoms with Gasteiger partial charge in [-0.05, 0) is 18.2 Å². The normalized spacial score (nSPS) is 10.7. The second-order valence-electron chi connectivity index (χ2n) is 4.52. The van der Waals surface area contributed by atoms with E-state index in [9.17, 15) is 4.79 Å². The second kappa shape index (κ2) is 5.03. The lowest BCUT2D eigenvalue weighted by atomic mass is 10.1. The maximum atomic E-state index is 12.4. The molecule has 0 amide bonds. The van der Waals surface area contributed by atoms with Gasteiger partial charge in [-0.3, -0.25) is 9.78 Å². The summed E-state index contributed by atoms with van der Waals surface area (Å²) >= 11 is 0. The Hall–Kier alpha value is -2.66. The molecule has 2 aliphatic heterocycles. The van der Waals surface area contributed by atoms with Crippen LogP contribution >= 0.6 is 12.4 Å². The number of benzene rings is 1. The van der Waals surface area contributed by atoms with E-state index in [1.54, 1.807) is 18.6 Å². The fraction of sp³-hybridized carbons (Fsp3) is 0. The lowest BCUT2D eigenvalue weighted by Gasteiger charge is -2.00. The molecule has 0 saturated carbocycles. The molecule has 0 bridgehead atoms. The van der Waals surface area contributed by atoms with E-state index in [-0.39, 0.29) is 18.0 Å². The minimum atomic E-state index is -0.131. The maximum Gasteiger partial charge on any atom is 0.282 e. The van der Waals surface area contributed by atoms with Gasteiger partial charge in [0.15, 0.2) is 0 Å². The summed E-state index contributed by atoms with van der Waals surface area (Å²) in [5.74, 6) is 0. The van der Waals surface area contributed by atoms with Crippen molar-refractivity contribution in [2.45, 2.75) is 0 Å². The van der Waals surface area contributed by atoms with Crippen LogP contribution in [0.15, 0.2) is 59.8 Å². The summed E-state index contributed by atoms with van der Waals surface area (Å²) < 4.78 is 1.42. The van der Waals surface area contributed by atoms with Crippen LogP contribution in [0.25, 0.3) is 27.8 Å². The molecule has 0 saturated heterocycles. The highest BCUT2D eigenvalue weighted by atomic mass is 35.5. The van der Waals surface area contributed by atoms with Gasteiger partial charge in [0, 0.05) is 24.0 Å². The number of pyridine rings is 2. The summed E-state index contributed by atoms with van der Waals surface area (Å²) in [7, 11) is 0. The topological polar surface area (TPSA) is 63.6 Å². The molecule has 3 heterocycles. The zero-order valence-electron chi connectivity index (χ0n) is 10.9. The van der Waals surface area contributed by atoms with E-state index in [1.807, 2.05) is 36.4 Å². The first-order valence-electron chi connectivity index (χ1n) is 6.24. The molecule has 1 N–H and O–H groups in total. The number of aromatic amines is 1. The number of halogens is 1. The molecule has 0 radical (unpaired) electrons. The number of aromatic nitrogens is 4. The number of para-hydroxylation sites is 1. The minimum Gasteiger partial charge on any atom is -0.360 e. The van der Waals surface area contributed by atoms with Crippen LogP contribution in [0, 0.1) is 0 Å². The van der Waals surface area contributed by atoms with Crippen molar-refractivity contribution in [3.63, 3.8) is 0 Å². The molecular formula is C15H11ClN4O. The van der Waals surface area contributed by atoms with E-state index in [0.29, 0.717) is 11.3 Å². The molecule has 4 rings (SSSR count). The molecule has 1 aromatic carbocycles. The molecular weight excluding hydrogens is 288 g/mol. The lowest BCUT2D eigenvalue weighted by Crippen LogP contribution is -2.14. The van der Waals surface area contributed by atoms with Crippen LogP contribution in [0.3, 0.4) is 0 Å². The number of nitrogens with zero attached hydrogens (tertiary/aromatic N) is 3. The quantitative estimate of drug-likeness (QED) is 0.587. The summed E-state index contributed by atoms with van der Waals surface area (Å²) in [6.07, 6.45) is 5.12. The van der Waals surface area contributed by atoms with E-state index in [1.165, 1.54) is 4.68 Å². The predicted molar refractivity (Wildman–Crippen MR) is 83.4 cm³/mol. The summed E-state index contributed by atoms with van der Waals surface area (Å²) in [5, 5.41) is 5.30. The Balaban J connectivity index is 0.00000132. The monoisotopic (exact) mass is 298 g/mol. The zero-order chi connectivity index (χ0) is 13.5. The standard InChI is InChI=1S/C15H10N4O.ClH/c20-15-12-9-17-13-6-7-16-8-11(13)14(12)18-19(15)10-4-2-1-3-5-10;/h1-9,17H;1H. The first-order chi connectivity index (χ1) is 9.84. The highest BCUT2D eigenvalue weighted by molar-refractivity contribution is 5.92. The molecule has 5 nitrogen and oxygen atoms in total. The molecule has 0 spiro atoms. The summed E-state index contributed by atoms with van der Waals surface area (Å²) in [6, 6.07) is 11.2. The van der Waals surface area contributed by atoms with Crippen molar-refractivity contribution in [1.29, 1.82) is 0 Å². The van der Waals surface area contributed by atoms with Gasteiger partial charge in [0.1, 0.15) is 5.69 Å². The highest BCUT2D eigenvalue weighted by Gasteiger charge is 2.18. The second-order valence-corrected chi connectivity index (χ2v) is 4.52. The van der Waals surface area contributed by atoms with E-state index in [0.717, 1.165) is 16.6 Å². The molecule has 2 aromatic rings. The van der Waals surface area contributed by atoms with Gasteiger partial charge in [0.05, 0.1) is 16.8 Å². The Morgan fingerprint density at radius 1 is 1.10 bits per heavy atom. The van der Waals surface area contributed by atoms with Gasteiger partial charge in [0.2, 0.25) is 0 Å². The van der Waals surface area contributed by atoms with Gasteiger partial charge in [-0.2, -0.15) is 9.78 Å². The molecule has 2 aliphatic rings. The molecule has 0 atom stereocenters. The van der Waals surface area contributed by atoms with Crippen LogP contribution in [0.4, 0.5) is 0 Å².